The van der Waals surface area contributed by atoms with Crippen LogP contribution in [0.2, 0.25) is 0 Å². The number of hydrogen-bond acceptors (Lipinski definition) is 4. The molecule has 0 amide bonds. The van der Waals surface area contributed by atoms with Crippen molar-refractivity contribution in [3.8, 4) is 0 Å². The summed E-state index contributed by atoms with van der Waals surface area (Å²) in [6.07, 6.45) is 0.885. The zero-order valence-electron chi connectivity index (χ0n) is 16.5. The Labute approximate surface area is 161 Å². The molecule has 2 aromatic rings. The van der Waals surface area contributed by atoms with Crippen LogP contribution >= 0.6 is 11.3 Å². The first kappa shape index (κ1) is 20.2. The third-order valence-corrected chi connectivity index (χ3v) is 5.73. The summed E-state index contributed by atoms with van der Waals surface area (Å²) in [6, 6.07) is 8.63. The molecule has 2 N–H and O–H groups in total. The minimum absolute atomic E-state index is 0.0364. The van der Waals surface area contributed by atoms with Gasteiger partial charge in [-0.3, -0.25) is 4.79 Å². The monoisotopic (exact) mass is 370 g/mol. The van der Waals surface area contributed by atoms with Crippen LogP contribution in [-0.4, -0.2) is 5.78 Å². The van der Waals surface area contributed by atoms with Gasteiger partial charge in [0.25, 0.3) is 0 Å². The van der Waals surface area contributed by atoms with Gasteiger partial charge >= 0.3 is 0 Å². The van der Waals surface area contributed by atoms with Gasteiger partial charge in [-0.05, 0) is 48.6 Å². The Bertz CT molecular complexity index is 789. The normalized spacial score (nSPS) is 10.8. The highest BCUT2D eigenvalue weighted by Gasteiger charge is 2.17. The predicted octanol–water partition coefficient (Wildman–Crippen LogP) is 5.12. The zero-order chi connectivity index (χ0) is 19.3. The molecule has 1 aromatic carbocycles. The molecule has 140 valence electrons. The molecule has 0 fully saturated rings. The Balaban J connectivity index is 1.90. The fourth-order valence-electron chi connectivity index (χ4n) is 2.68. The lowest BCUT2D eigenvalue weighted by Gasteiger charge is -2.12. The topological polar surface area (TPSA) is 41.1 Å². The summed E-state index contributed by atoms with van der Waals surface area (Å²) >= 11 is 1.60. The van der Waals surface area contributed by atoms with Crippen LogP contribution in [0.5, 0.6) is 0 Å². The number of thiophene rings is 1. The van der Waals surface area contributed by atoms with E-state index in [2.05, 4.69) is 62.2 Å². The molecule has 1 aromatic heterocycles. The van der Waals surface area contributed by atoms with E-state index in [0.717, 1.165) is 29.2 Å². The first-order chi connectivity index (χ1) is 12.3. The van der Waals surface area contributed by atoms with E-state index in [1.165, 1.54) is 21.6 Å². The number of rotatable bonds is 9. The average molecular weight is 371 g/mol. The SMILES string of the molecule is C=C(NCc1ccc(C)c(C)c1)NCc1cc(CC)c(C(=O)C(C)C)s1. The largest absolute Gasteiger partial charge is 0.368 e. The molecule has 0 spiro atoms. The molecule has 0 saturated heterocycles. The second-order valence-electron chi connectivity index (χ2n) is 7.04. The fourth-order valence-corrected chi connectivity index (χ4v) is 3.96. The number of hydrogen-bond donors (Lipinski definition) is 2. The first-order valence-corrected chi connectivity index (χ1v) is 10.0. The molecule has 1 heterocycles. The van der Waals surface area contributed by atoms with Crippen LogP contribution < -0.4 is 10.6 Å². The summed E-state index contributed by atoms with van der Waals surface area (Å²) in [7, 11) is 0. The Kier molecular flexibility index (Phi) is 7.04. The summed E-state index contributed by atoms with van der Waals surface area (Å²) in [5.41, 5.74) is 5.00. The van der Waals surface area contributed by atoms with Crippen molar-refractivity contribution >= 4 is 17.1 Å². The van der Waals surface area contributed by atoms with Gasteiger partial charge in [-0.2, -0.15) is 0 Å². The second kappa shape index (κ2) is 9.04. The van der Waals surface area contributed by atoms with Crippen LogP contribution in [0, 0.1) is 19.8 Å². The van der Waals surface area contributed by atoms with Crippen LogP contribution in [0.15, 0.2) is 36.7 Å². The van der Waals surface area contributed by atoms with Gasteiger partial charge in [0, 0.05) is 17.3 Å². The molecule has 26 heavy (non-hydrogen) atoms. The zero-order valence-corrected chi connectivity index (χ0v) is 17.3. The average Bonchev–Trinajstić information content (AvgIpc) is 3.03. The summed E-state index contributed by atoms with van der Waals surface area (Å²) in [4.78, 5) is 14.4. The van der Waals surface area contributed by atoms with E-state index in [1.54, 1.807) is 11.3 Å². The third kappa shape index (κ3) is 5.21. The number of ketones is 1. The predicted molar refractivity (Wildman–Crippen MR) is 112 cm³/mol. The van der Waals surface area contributed by atoms with Crippen LogP contribution in [0.4, 0.5) is 0 Å². The van der Waals surface area contributed by atoms with Gasteiger partial charge in [-0.1, -0.05) is 45.5 Å². The molecule has 0 saturated carbocycles. The standard InChI is InChI=1S/C22H30N2OS/c1-7-19-11-20(26-22(19)21(25)14(2)3)13-24-17(6)23-12-18-9-8-15(4)16(5)10-18/h8-11,14,23-24H,6-7,12-13H2,1-5H3. The minimum Gasteiger partial charge on any atom is -0.368 e. The van der Waals surface area contributed by atoms with Crippen LogP contribution in [-0.2, 0) is 19.5 Å². The van der Waals surface area contributed by atoms with Crippen molar-refractivity contribution in [3.63, 3.8) is 0 Å². The lowest BCUT2D eigenvalue weighted by molar-refractivity contribution is 0.0942. The number of aryl methyl sites for hydroxylation is 3. The van der Waals surface area contributed by atoms with Crippen LogP contribution in [0.3, 0.4) is 0 Å². The highest BCUT2D eigenvalue weighted by molar-refractivity contribution is 7.14. The highest BCUT2D eigenvalue weighted by Crippen LogP contribution is 2.26. The number of carbonyl (C=O) groups excluding carboxylic acids is 1. The molecule has 0 aliphatic rings. The molecule has 0 radical (unpaired) electrons. The number of Topliss-reactive ketones (excluding diaryl/α,β-unsaturated/α-hetero) is 1. The first-order valence-electron chi connectivity index (χ1n) is 9.20. The Hall–Kier alpha value is -2.07. The van der Waals surface area contributed by atoms with Crippen molar-refractivity contribution < 1.29 is 4.79 Å². The maximum Gasteiger partial charge on any atom is 0.175 e. The number of nitrogens with one attached hydrogen (secondary N) is 2. The number of carbonyl (C=O) groups is 1. The van der Waals surface area contributed by atoms with E-state index < -0.39 is 0 Å². The van der Waals surface area contributed by atoms with Crippen molar-refractivity contribution in [1.29, 1.82) is 0 Å². The van der Waals surface area contributed by atoms with Crippen molar-refractivity contribution in [2.24, 2.45) is 5.92 Å². The molecule has 0 unspecified atom stereocenters. The fraction of sp³-hybridized carbons (Fsp3) is 0.409. The van der Waals surface area contributed by atoms with Gasteiger partial charge in [0.15, 0.2) is 5.78 Å². The Morgan fingerprint density at radius 3 is 2.42 bits per heavy atom. The van der Waals surface area contributed by atoms with Gasteiger partial charge < -0.3 is 10.6 Å². The molecule has 2 rings (SSSR count). The summed E-state index contributed by atoms with van der Waals surface area (Å²) in [5, 5.41) is 6.65. The molecule has 0 aliphatic heterocycles. The van der Waals surface area contributed by atoms with E-state index in [1.807, 2.05) is 13.8 Å². The number of benzene rings is 1. The second-order valence-corrected chi connectivity index (χ2v) is 8.18. The van der Waals surface area contributed by atoms with Gasteiger partial charge in [0.1, 0.15) is 0 Å². The molecular weight excluding hydrogens is 340 g/mol. The maximum absolute atomic E-state index is 12.3. The van der Waals surface area contributed by atoms with Crippen LogP contribution in [0.25, 0.3) is 0 Å². The van der Waals surface area contributed by atoms with Gasteiger partial charge in [0.05, 0.1) is 17.2 Å². The molecule has 0 atom stereocenters. The van der Waals surface area contributed by atoms with E-state index in [-0.39, 0.29) is 11.7 Å². The molecular formula is C22H30N2OS. The lowest BCUT2D eigenvalue weighted by atomic mass is 10.0. The Morgan fingerprint density at radius 1 is 1.12 bits per heavy atom. The lowest BCUT2D eigenvalue weighted by Crippen LogP contribution is -2.24. The van der Waals surface area contributed by atoms with E-state index >= 15 is 0 Å². The smallest absolute Gasteiger partial charge is 0.175 e. The van der Waals surface area contributed by atoms with Gasteiger partial charge in [-0.15, -0.1) is 11.3 Å². The Morgan fingerprint density at radius 2 is 1.81 bits per heavy atom. The highest BCUT2D eigenvalue weighted by atomic mass is 32.1. The van der Waals surface area contributed by atoms with Crippen molar-refractivity contribution in [1.82, 2.24) is 10.6 Å². The van der Waals surface area contributed by atoms with Crippen LogP contribution in [0.1, 0.15) is 57.6 Å². The third-order valence-electron chi connectivity index (χ3n) is 4.54. The maximum atomic E-state index is 12.3. The summed E-state index contributed by atoms with van der Waals surface area (Å²) in [5.74, 6) is 1.07. The molecule has 3 nitrogen and oxygen atoms in total. The van der Waals surface area contributed by atoms with Gasteiger partial charge in [-0.25, -0.2) is 0 Å². The molecule has 0 aliphatic carbocycles. The summed E-state index contributed by atoms with van der Waals surface area (Å²) in [6.45, 7) is 15.7. The van der Waals surface area contributed by atoms with E-state index in [9.17, 15) is 4.79 Å². The van der Waals surface area contributed by atoms with Gasteiger partial charge in [0.2, 0.25) is 0 Å². The quantitative estimate of drug-likeness (QED) is 0.602. The van der Waals surface area contributed by atoms with Crippen molar-refractivity contribution in [2.45, 2.75) is 54.1 Å². The van der Waals surface area contributed by atoms with Crippen molar-refractivity contribution in [2.75, 3.05) is 0 Å². The van der Waals surface area contributed by atoms with E-state index in [4.69, 9.17) is 0 Å². The van der Waals surface area contributed by atoms with E-state index in [0.29, 0.717) is 6.54 Å². The summed E-state index contributed by atoms with van der Waals surface area (Å²) < 4.78 is 0. The van der Waals surface area contributed by atoms with Crippen molar-refractivity contribution in [3.05, 3.63) is 68.7 Å². The minimum atomic E-state index is 0.0364. The molecule has 4 heteroatoms. The molecule has 0 bridgehead atoms.